The van der Waals surface area contributed by atoms with Gasteiger partial charge in [-0.1, -0.05) is 24.3 Å². The highest BCUT2D eigenvalue weighted by Gasteiger charge is 2.27. The Bertz CT molecular complexity index is 1370. The van der Waals surface area contributed by atoms with Gasteiger partial charge in [-0.25, -0.2) is 4.98 Å². The molecule has 0 amide bonds. The van der Waals surface area contributed by atoms with E-state index in [-0.39, 0.29) is 18.1 Å². The maximum Gasteiger partial charge on any atom is 0.229 e. The predicted molar refractivity (Wildman–Crippen MR) is 135 cm³/mol. The molecule has 2 aliphatic rings. The number of benzene rings is 2. The Morgan fingerprint density at radius 3 is 2.20 bits per heavy atom. The van der Waals surface area contributed by atoms with Crippen molar-refractivity contribution in [3.63, 3.8) is 0 Å². The summed E-state index contributed by atoms with van der Waals surface area (Å²) in [4.78, 5) is 33.2. The molecule has 0 atom stereocenters. The summed E-state index contributed by atoms with van der Waals surface area (Å²) in [5.41, 5.74) is 5.11. The number of piperazine rings is 1. The molecule has 4 aromatic rings. The second-order valence-corrected chi connectivity index (χ2v) is 9.21. The summed E-state index contributed by atoms with van der Waals surface area (Å²) < 4.78 is 1.82. The van der Waals surface area contributed by atoms with Crippen LogP contribution < -0.4 is 14.7 Å². The topological polar surface area (TPSA) is 90.6 Å². The van der Waals surface area contributed by atoms with E-state index in [0.29, 0.717) is 11.6 Å². The molecular weight excluding hydrogens is 442 g/mol. The summed E-state index contributed by atoms with van der Waals surface area (Å²) in [6.07, 6.45) is 1.69. The van der Waals surface area contributed by atoms with Gasteiger partial charge in [-0.15, -0.1) is 0 Å². The Labute approximate surface area is 203 Å². The van der Waals surface area contributed by atoms with E-state index in [0.717, 1.165) is 56.3 Å². The lowest BCUT2D eigenvalue weighted by Crippen LogP contribution is -2.47. The standard InChI is InChI=1S/C26H27N7O2/c1-18(34)14-33-17-27-23-24(32-15-19-4-2-3-5-20(19)16-32)28-26(29-25(23)33)31-12-10-30(11-13-31)21-6-8-22(35)9-7-21/h2-9,17,35H,10-16H2,1H3. The lowest BCUT2D eigenvalue weighted by molar-refractivity contribution is -0.117. The van der Waals surface area contributed by atoms with Crippen molar-refractivity contribution < 1.29 is 9.90 Å². The number of Topliss-reactive ketones (excluding diaryl/α,β-unsaturated/α-hetero) is 1. The van der Waals surface area contributed by atoms with Gasteiger partial charge in [0, 0.05) is 45.0 Å². The number of fused-ring (bicyclic) bond motifs is 2. The summed E-state index contributed by atoms with van der Waals surface area (Å²) >= 11 is 0. The molecule has 6 rings (SSSR count). The molecule has 0 aliphatic carbocycles. The number of hydrogen-bond donors (Lipinski definition) is 1. The molecule has 178 valence electrons. The maximum absolute atomic E-state index is 11.9. The molecule has 4 heterocycles. The Morgan fingerprint density at radius 1 is 0.886 bits per heavy atom. The fraction of sp³-hybridized carbons (Fsp3) is 0.308. The molecule has 1 N–H and O–H groups in total. The van der Waals surface area contributed by atoms with Crippen LogP contribution in [0.1, 0.15) is 18.1 Å². The number of anilines is 3. The number of carbonyl (C=O) groups is 1. The normalized spacial score (nSPS) is 15.6. The SMILES string of the molecule is CC(=O)Cn1cnc2c(N3Cc4ccccc4C3)nc(N3CCN(c4ccc(O)cc4)CC3)nc21. The second-order valence-electron chi connectivity index (χ2n) is 9.21. The van der Waals surface area contributed by atoms with Crippen LogP contribution in [0.5, 0.6) is 5.75 Å². The smallest absolute Gasteiger partial charge is 0.229 e. The number of phenols is 1. The van der Waals surface area contributed by atoms with Crippen LogP contribution in [-0.4, -0.2) is 56.6 Å². The van der Waals surface area contributed by atoms with Gasteiger partial charge in [0.2, 0.25) is 5.95 Å². The molecule has 2 aromatic carbocycles. The van der Waals surface area contributed by atoms with E-state index in [9.17, 15) is 9.90 Å². The van der Waals surface area contributed by atoms with E-state index >= 15 is 0 Å². The van der Waals surface area contributed by atoms with Crippen LogP contribution in [0.15, 0.2) is 54.9 Å². The number of ketones is 1. The molecule has 9 nitrogen and oxygen atoms in total. The van der Waals surface area contributed by atoms with Crippen molar-refractivity contribution in [2.45, 2.75) is 26.6 Å². The van der Waals surface area contributed by atoms with Crippen molar-refractivity contribution in [1.82, 2.24) is 19.5 Å². The van der Waals surface area contributed by atoms with Crippen LogP contribution in [-0.2, 0) is 24.4 Å². The first-order chi connectivity index (χ1) is 17.0. The van der Waals surface area contributed by atoms with Gasteiger partial charge in [0.05, 0.1) is 12.9 Å². The minimum atomic E-state index is 0.0575. The molecule has 9 heteroatoms. The van der Waals surface area contributed by atoms with E-state index in [1.807, 2.05) is 16.7 Å². The van der Waals surface area contributed by atoms with Gasteiger partial charge < -0.3 is 24.4 Å². The largest absolute Gasteiger partial charge is 0.508 e. The van der Waals surface area contributed by atoms with Gasteiger partial charge in [0.1, 0.15) is 11.5 Å². The number of rotatable bonds is 5. The van der Waals surface area contributed by atoms with Crippen LogP contribution in [0.4, 0.5) is 17.5 Å². The zero-order chi connectivity index (χ0) is 23.9. The monoisotopic (exact) mass is 469 g/mol. The summed E-state index contributed by atoms with van der Waals surface area (Å²) in [7, 11) is 0. The highest BCUT2D eigenvalue weighted by atomic mass is 16.3. The van der Waals surface area contributed by atoms with E-state index in [1.165, 1.54) is 11.1 Å². The number of hydrogen-bond acceptors (Lipinski definition) is 8. The van der Waals surface area contributed by atoms with Crippen molar-refractivity contribution in [2.24, 2.45) is 0 Å². The van der Waals surface area contributed by atoms with Gasteiger partial charge in [0.25, 0.3) is 0 Å². The first kappa shape index (κ1) is 21.4. The van der Waals surface area contributed by atoms with Gasteiger partial charge in [-0.05, 0) is 42.3 Å². The summed E-state index contributed by atoms with van der Waals surface area (Å²) in [6.45, 7) is 6.55. The van der Waals surface area contributed by atoms with Crippen molar-refractivity contribution in [3.8, 4) is 5.75 Å². The predicted octanol–water partition coefficient (Wildman–Crippen LogP) is 2.97. The molecule has 0 spiro atoms. The van der Waals surface area contributed by atoms with Gasteiger partial charge in [0.15, 0.2) is 17.0 Å². The summed E-state index contributed by atoms with van der Waals surface area (Å²) in [5, 5.41) is 9.59. The van der Waals surface area contributed by atoms with Crippen molar-refractivity contribution in [1.29, 1.82) is 0 Å². The van der Waals surface area contributed by atoms with E-state index < -0.39 is 0 Å². The van der Waals surface area contributed by atoms with Crippen molar-refractivity contribution in [3.05, 3.63) is 66.0 Å². The highest BCUT2D eigenvalue weighted by Crippen LogP contribution is 2.33. The molecule has 1 fully saturated rings. The molecule has 0 bridgehead atoms. The van der Waals surface area contributed by atoms with E-state index in [2.05, 4.69) is 43.9 Å². The van der Waals surface area contributed by atoms with E-state index in [4.69, 9.17) is 9.97 Å². The third-order valence-corrected chi connectivity index (χ3v) is 6.74. The number of nitrogens with zero attached hydrogens (tertiary/aromatic N) is 7. The third kappa shape index (κ3) is 4.03. The first-order valence-corrected chi connectivity index (χ1v) is 11.9. The summed E-state index contributed by atoms with van der Waals surface area (Å²) in [6, 6.07) is 15.8. The molecular formula is C26H27N7O2. The minimum absolute atomic E-state index is 0.0575. The average Bonchev–Trinajstić information content (AvgIpc) is 3.48. The Kier molecular flexibility index (Phi) is 5.24. The Morgan fingerprint density at radius 2 is 1.54 bits per heavy atom. The molecule has 0 saturated carbocycles. The zero-order valence-corrected chi connectivity index (χ0v) is 19.6. The van der Waals surface area contributed by atoms with Crippen LogP contribution in [0.3, 0.4) is 0 Å². The minimum Gasteiger partial charge on any atom is -0.508 e. The second kappa shape index (κ2) is 8.57. The number of aromatic hydroxyl groups is 1. The number of imidazole rings is 1. The quantitative estimate of drug-likeness (QED) is 0.477. The van der Waals surface area contributed by atoms with Crippen molar-refractivity contribution in [2.75, 3.05) is 40.9 Å². The third-order valence-electron chi connectivity index (χ3n) is 6.74. The van der Waals surface area contributed by atoms with Crippen LogP contribution in [0, 0.1) is 0 Å². The molecule has 0 unspecified atom stereocenters. The zero-order valence-electron chi connectivity index (χ0n) is 19.6. The average molecular weight is 470 g/mol. The molecule has 1 saturated heterocycles. The molecule has 0 radical (unpaired) electrons. The van der Waals surface area contributed by atoms with Gasteiger partial charge >= 0.3 is 0 Å². The maximum atomic E-state index is 11.9. The first-order valence-electron chi connectivity index (χ1n) is 11.9. The molecule has 2 aliphatic heterocycles. The lowest BCUT2D eigenvalue weighted by atomic mass is 10.1. The van der Waals surface area contributed by atoms with Crippen LogP contribution >= 0.6 is 0 Å². The van der Waals surface area contributed by atoms with Crippen molar-refractivity contribution >= 4 is 34.4 Å². The Balaban J connectivity index is 1.32. The fourth-order valence-corrected chi connectivity index (χ4v) is 4.95. The highest BCUT2D eigenvalue weighted by molar-refractivity contribution is 5.87. The Hall–Kier alpha value is -4.14. The number of aromatic nitrogens is 4. The van der Waals surface area contributed by atoms with E-state index in [1.54, 1.807) is 25.4 Å². The van der Waals surface area contributed by atoms with Gasteiger partial charge in [-0.3, -0.25) is 4.79 Å². The fourth-order valence-electron chi connectivity index (χ4n) is 4.95. The van der Waals surface area contributed by atoms with Crippen LogP contribution in [0.25, 0.3) is 11.2 Å². The summed E-state index contributed by atoms with van der Waals surface area (Å²) in [5.74, 6) is 1.80. The van der Waals surface area contributed by atoms with Crippen LogP contribution in [0.2, 0.25) is 0 Å². The van der Waals surface area contributed by atoms with Gasteiger partial charge in [-0.2, -0.15) is 9.97 Å². The molecule has 2 aromatic heterocycles. The molecule has 35 heavy (non-hydrogen) atoms. The number of carbonyl (C=O) groups excluding carboxylic acids is 1. The lowest BCUT2D eigenvalue weighted by Gasteiger charge is -2.36. The number of phenolic OH excluding ortho intramolecular Hbond substituents is 1.